The summed E-state index contributed by atoms with van der Waals surface area (Å²) in [6, 6.07) is 13.3. The summed E-state index contributed by atoms with van der Waals surface area (Å²) in [5, 5.41) is 5.61. The molecule has 0 saturated carbocycles. The van der Waals surface area contributed by atoms with Gasteiger partial charge in [-0.3, -0.25) is 4.79 Å². The Kier molecular flexibility index (Phi) is 4.70. The van der Waals surface area contributed by atoms with Gasteiger partial charge in [0.1, 0.15) is 11.5 Å². The van der Waals surface area contributed by atoms with Crippen LogP contribution in [0.4, 0.5) is 21.7 Å². The minimum absolute atomic E-state index is 0.107. The third kappa shape index (κ3) is 3.80. The number of amides is 1. The normalized spacial score (nSPS) is 10.4. The first-order valence-electron chi connectivity index (χ1n) is 7.77. The molecule has 0 aliphatic heterocycles. The van der Waals surface area contributed by atoms with Crippen LogP contribution in [0.5, 0.6) is 0 Å². The average molecular weight is 336 g/mol. The number of halogens is 1. The van der Waals surface area contributed by atoms with Crippen molar-refractivity contribution in [3.8, 4) is 0 Å². The van der Waals surface area contributed by atoms with Crippen LogP contribution in [-0.2, 0) is 0 Å². The summed E-state index contributed by atoms with van der Waals surface area (Å²) in [7, 11) is 0. The van der Waals surface area contributed by atoms with Gasteiger partial charge in [-0.05, 0) is 49.2 Å². The van der Waals surface area contributed by atoms with Gasteiger partial charge in [-0.2, -0.15) is 0 Å². The minimum atomic E-state index is -0.503. The molecule has 0 bridgehead atoms. The number of nitrogens with zero attached hydrogens (tertiary/aromatic N) is 2. The van der Waals surface area contributed by atoms with Gasteiger partial charge in [-0.25, -0.2) is 14.4 Å². The number of aryl methyl sites for hydroxylation is 1. The first-order valence-corrected chi connectivity index (χ1v) is 7.77. The second kappa shape index (κ2) is 7.09. The summed E-state index contributed by atoms with van der Waals surface area (Å²) in [6.45, 7) is 4.01. The van der Waals surface area contributed by atoms with E-state index < -0.39 is 11.7 Å². The summed E-state index contributed by atoms with van der Waals surface area (Å²) in [5.74, 6) is -0.704. The number of nitrogens with one attached hydrogen (secondary N) is 2. The maximum Gasteiger partial charge on any atom is 0.274 e. The molecule has 0 aliphatic rings. The third-order valence-electron chi connectivity index (χ3n) is 3.86. The van der Waals surface area contributed by atoms with Gasteiger partial charge in [0.2, 0.25) is 5.95 Å². The maximum atomic E-state index is 13.7. The van der Waals surface area contributed by atoms with Crippen LogP contribution in [-0.4, -0.2) is 15.9 Å². The number of rotatable bonds is 4. The van der Waals surface area contributed by atoms with Crippen LogP contribution in [0.2, 0.25) is 0 Å². The fourth-order valence-corrected chi connectivity index (χ4v) is 2.30. The highest BCUT2D eigenvalue weighted by Crippen LogP contribution is 2.21. The fourth-order valence-electron chi connectivity index (χ4n) is 2.30. The lowest BCUT2D eigenvalue weighted by Crippen LogP contribution is -2.15. The smallest absolute Gasteiger partial charge is 0.274 e. The van der Waals surface area contributed by atoms with Gasteiger partial charge >= 0.3 is 0 Å². The Morgan fingerprint density at radius 3 is 2.56 bits per heavy atom. The number of hydrogen-bond donors (Lipinski definition) is 2. The first-order chi connectivity index (χ1) is 12.0. The summed E-state index contributed by atoms with van der Waals surface area (Å²) < 4.78 is 13.7. The van der Waals surface area contributed by atoms with Crippen molar-refractivity contribution in [3.63, 3.8) is 0 Å². The Morgan fingerprint density at radius 2 is 1.76 bits per heavy atom. The molecule has 25 heavy (non-hydrogen) atoms. The molecule has 126 valence electrons. The number of para-hydroxylation sites is 1. The topological polar surface area (TPSA) is 66.9 Å². The zero-order valence-corrected chi connectivity index (χ0v) is 13.9. The quantitative estimate of drug-likeness (QED) is 0.748. The summed E-state index contributed by atoms with van der Waals surface area (Å²) in [5.41, 5.74) is 3.33. The Balaban J connectivity index is 1.80. The second-order valence-electron chi connectivity index (χ2n) is 5.57. The Hall–Kier alpha value is -3.28. The van der Waals surface area contributed by atoms with Gasteiger partial charge in [0, 0.05) is 11.9 Å². The van der Waals surface area contributed by atoms with Crippen LogP contribution in [0.1, 0.15) is 21.6 Å². The van der Waals surface area contributed by atoms with E-state index in [1.54, 1.807) is 12.1 Å². The predicted octanol–water partition coefficient (Wildman–Crippen LogP) is 4.23. The van der Waals surface area contributed by atoms with E-state index in [2.05, 4.69) is 20.6 Å². The molecule has 5 nitrogen and oxygen atoms in total. The van der Waals surface area contributed by atoms with Gasteiger partial charge in [0.05, 0.1) is 5.69 Å². The van der Waals surface area contributed by atoms with E-state index in [9.17, 15) is 9.18 Å². The maximum absolute atomic E-state index is 13.7. The number of carbonyl (C=O) groups excluding carboxylic acids is 1. The van der Waals surface area contributed by atoms with E-state index in [0.29, 0.717) is 5.95 Å². The molecule has 3 rings (SSSR count). The lowest BCUT2D eigenvalue weighted by atomic mass is 10.1. The largest absolute Gasteiger partial charge is 0.324 e. The molecule has 1 heterocycles. The predicted molar refractivity (Wildman–Crippen MR) is 95.6 cm³/mol. The zero-order valence-electron chi connectivity index (χ0n) is 13.9. The van der Waals surface area contributed by atoms with Crippen molar-refractivity contribution in [1.29, 1.82) is 0 Å². The molecule has 1 amide bonds. The van der Waals surface area contributed by atoms with Crippen molar-refractivity contribution in [2.45, 2.75) is 13.8 Å². The monoisotopic (exact) mass is 336 g/mol. The molecule has 2 aromatic carbocycles. The lowest BCUT2D eigenvalue weighted by molar-refractivity contribution is 0.102. The van der Waals surface area contributed by atoms with Gasteiger partial charge in [-0.15, -0.1) is 0 Å². The van der Waals surface area contributed by atoms with Gasteiger partial charge in [-0.1, -0.05) is 24.3 Å². The molecule has 6 heteroatoms. The highest BCUT2D eigenvalue weighted by molar-refractivity contribution is 6.03. The lowest BCUT2D eigenvalue weighted by Gasteiger charge is -2.11. The van der Waals surface area contributed by atoms with Crippen LogP contribution >= 0.6 is 0 Å². The second-order valence-corrected chi connectivity index (χ2v) is 5.57. The van der Waals surface area contributed by atoms with Crippen LogP contribution < -0.4 is 10.6 Å². The highest BCUT2D eigenvalue weighted by atomic mass is 19.1. The van der Waals surface area contributed by atoms with Crippen LogP contribution in [0.3, 0.4) is 0 Å². The van der Waals surface area contributed by atoms with E-state index in [4.69, 9.17) is 0 Å². The van der Waals surface area contributed by atoms with Gasteiger partial charge in [0.25, 0.3) is 5.91 Å². The van der Waals surface area contributed by atoms with E-state index in [1.165, 1.54) is 24.4 Å². The molecule has 0 radical (unpaired) electrons. The Labute approximate surface area is 145 Å². The average Bonchev–Trinajstić information content (AvgIpc) is 2.61. The van der Waals surface area contributed by atoms with Crippen molar-refractivity contribution in [3.05, 3.63) is 77.4 Å². The number of anilines is 3. The van der Waals surface area contributed by atoms with Gasteiger partial charge < -0.3 is 10.6 Å². The molecule has 0 spiro atoms. The van der Waals surface area contributed by atoms with Crippen molar-refractivity contribution in [2.24, 2.45) is 0 Å². The number of carbonyl (C=O) groups is 1. The van der Waals surface area contributed by atoms with Crippen molar-refractivity contribution >= 4 is 23.2 Å². The molecule has 0 fully saturated rings. The van der Waals surface area contributed by atoms with Crippen LogP contribution in [0.25, 0.3) is 0 Å². The molecule has 0 saturated heterocycles. The van der Waals surface area contributed by atoms with Crippen LogP contribution in [0.15, 0.2) is 54.7 Å². The van der Waals surface area contributed by atoms with Crippen molar-refractivity contribution < 1.29 is 9.18 Å². The SMILES string of the molecule is Cc1cccc(Nc2nccc(C(=O)Nc3ccccc3F)n2)c1C. The summed E-state index contributed by atoms with van der Waals surface area (Å²) in [4.78, 5) is 20.6. The number of benzene rings is 2. The fraction of sp³-hybridized carbons (Fsp3) is 0.105. The van der Waals surface area contributed by atoms with Crippen LogP contribution in [0, 0.1) is 19.7 Å². The molecule has 0 unspecified atom stereocenters. The minimum Gasteiger partial charge on any atom is -0.324 e. The first kappa shape index (κ1) is 16.6. The zero-order chi connectivity index (χ0) is 17.8. The number of hydrogen-bond acceptors (Lipinski definition) is 4. The van der Waals surface area contributed by atoms with E-state index in [-0.39, 0.29) is 11.4 Å². The third-order valence-corrected chi connectivity index (χ3v) is 3.86. The summed E-state index contributed by atoms with van der Waals surface area (Å²) >= 11 is 0. The number of aromatic nitrogens is 2. The van der Waals surface area contributed by atoms with E-state index in [1.807, 2.05) is 32.0 Å². The molecular formula is C19H17FN4O. The van der Waals surface area contributed by atoms with Crippen molar-refractivity contribution in [1.82, 2.24) is 9.97 Å². The standard InChI is InChI=1S/C19H17FN4O/c1-12-6-5-9-15(13(12)2)23-19-21-11-10-17(24-19)18(25)22-16-8-4-3-7-14(16)20/h3-11H,1-2H3,(H,22,25)(H,21,23,24). The van der Waals surface area contributed by atoms with E-state index in [0.717, 1.165) is 16.8 Å². The molecular weight excluding hydrogens is 319 g/mol. The highest BCUT2D eigenvalue weighted by Gasteiger charge is 2.12. The Morgan fingerprint density at radius 1 is 1.00 bits per heavy atom. The summed E-state index contributed by atoms with van der Waals surface area (Å²) in [6.07, 6.45) is 1.48. The van der Waals surface area contributed by atoms with E-state index >= 15 is 0 Å². The molecule has 1 aromatic heterocycles. The molecule has 0 aliphatic carbocycles. The Bertz CT molecular complexity index is 927. The van der Waals surface area contributed by atoms with Crippen molar-refractivity contribution in [2.75, 3.05) is 10.6 Å². The molecule has 2 N–H and O–H groups in total. The molecule has 3 aromatic rings. The molecule has 0 atom stereocenters. The van der Waals surface area contributed by atoms with Gasteiger partial charge in [0.15, 0.2) is 0 Å².